The highest BCUT2D eigenvalue weighted by atomic mass is 16.4. The first kappa shape index (κ1) is 15.0. The molecule has 0 atom stereocenters. The summed E-state index contributed by atoms with van der Waals surface area (Å²) in [6.45, 7) is 0. The number of carboxylic acid groups (broad SMARTS) is 2. The van der Waals surface area contributed by atoms with Crippen molar-refractivity contribution < 1.29 is 30.0 Å². The van der Waals surface area contributed by atoms with Gasteiger partial charge in [0, 0.05) is 12.4 Å². The van der Waals surface area contributed by atoms with Gasteiger partial charge in [0.2, 0.25) is 0 Å². The first-order chi connectivity index (χ1) is 9.41. The van der Waals surface area contributed by atoms with Crippen LogP contribution in [0, 0.1) is 0 Å². The number of aromatic nitrogens is 1. The molecule has 20 heavy (non-hydrogen) atoms. The fourth-order valence-electron chi connectivity index (χ4n) is 1.18. The van der Waals surface area contributed by atoms with Gasteiger partial charge in [0.1, 0.15) is 17.1 Å². The van der Waals surface area contributed by atoms with Crippen LogP contribution >= 0.6 is 0 Å². The number of phenolic OH excluding ortho intramolecular Hbond substituents is 1. The first-order valence-electron chi connectivity index (χ1n) is 5.30. The van der Waals surface area contributed by atoms with Crippen molar-refractivity contribution >= 4 is 11.9 Å². The number of carbonyl (C=O) groups is 2. The number of carboxylic acids is 2. The second-order valence-electron chi connectivity index (χ2n) is 3.55. The Morgan fingerprint density at radius 2 is 1.70 bits per heavy atom. The zero-order valence-corrected chi connectivity index (χ0v) is 10.1. The van der Waals surface area contributed by atoms with Gasteiger partial charge in [-0.05, 0) is 30.3 Å². The van der Waals surface area contributed by atoms with Gasteiger partial charge >= 0.3 is 11.9 Å². The zero-order valence-electron chi connectivity index (χ0n) is 10.1. The summed E-state index contributed by atoms with van der Waals surface area (Å²) in [5.41, 5.74) is -0.0810. The van der Waals surface area contributed by atoms with E-state index in [9.17, 15) is 9.59 Å². The summed E-state index contributed by atoms with van der Waals surface area (Å²) in [6.07, 6.45) is 2.84. The van der Waals surface area contributed by atoms with E-state index in [0.717, 1.165) is 12.1 Å². The predicted molar refractivity (Wildman–Crippen MR) is 67.9 cm³/mol. The van der Waals surface area contributed by atoms with Crippen molar-refractivity contribution in [2.75, 3.05) is 0 Å². The van der Waals surface area contributed by atoms with Gasteiger partial charge in [-0.2, -0.15) is 0 Å². The fraction of sp³-hybridized carbons (Fsp3) is 0. The molecular weight excluding hydrogens is 266 g/mol. The van der Waals surface area contributed by atoms with Crippen LogP contribution in [0.4, 0.5) is 0 Å². The molecule has 0 aliphatic carbocycles. The average Bonchev–Trinajstić information content (AvgIpc) is 2.43. The molecule has 1 aromatic heterocycles. The lowest BCUT2D eigenvalue weighted by atomic mass is 10.2. The molecule has 0 amide bonds. The van der Waals surface area contributed by atoms with E-state index in [4.69, 9.17) is 20.4 Å². The predicted octanol–water partition coefficient (Wildman–Crippen LogP) is 1.58. The van der Waals surface area contributed by atoms with Crippen LogP contribution < -0.4 is 0 Å². The van der Waals surface area contributed by atoms with Crippen molar-refractivity contribution in [3.05, 3.63) is 53.9 Å². The van der Waals surface area contributed by atoms with E-state index in [1.807, 2.05) is 0 Å². The molecule has 0 radical (unpaired) electrons. The van der Waals surface area contributed by atoms with Crippen molar-refractivity contribution in [1.82, 2.24) is 4.98 Å². The molecule has 0 saturated heterocycles. The number of nitrogens with zero attached hydrogens (tertiary/aromatic N) is 1. The summed E-state index contributed by atoms with van der Waals surface area (Å²) in [5.74, 6) is -2.74. The Morgan fingerprint density at radius 3 is 2.10 bits per heavy atom. The van der Waals surface area contributed by atoms with Gasteiger partial charge < -0.3 is 20.4 Å². The largest absolute Gasteiger partial charge is 0.508 e. The number of hydrogen-bond acceptors (Lipinski definition) is 5. The standard InChI is InChI=1S/C7H6O4.C6H5NO2/c8-4-1-2-6(9)5(3-4)7(10)11;8-6(9)5-2-1-3-7-4-5/h1-3,8-9H,(H,10,11);1-4H,(H,8,9). The SMILES string of the molecule is O=C(O)c1cc(O)ccc1O.O=C(O)c1cccnc1. The molecule has 7 nitrogen and oxygen atoms in total. The maximum absolute atomic E-state index is 10.3. The maximum atomic E-state index is 10.3. The van der Waals surface area contributed by atoms with Crippen molar-refractivity contribution in [3.63, 3.8) is 0 Å². The van der Waals surface area contributed by atoms with Crippen LogP contribution in [-0.2, 0) is 0 Å². The third-order valence-corrected chi connectivity index (χ3v) is 2.12. The molecule has 2 aromatic rings. The van der Waals surface area contributed by atoms with Crippen LogP contribution in [0.25, 0.3) is 0 Å². The van der Waals surface area contributed by atoms with Crippen molar-refractivity contribution in [3.8, 4) is 11.5 Å². The van der Waals surface area contributed by atoms with Crippen molar-refractivity contribution in [1.29, 1.82) is 0 Å². The van der Waals surface area contributed by atoms with E-state index in [1.54, 1.807) is 6.07 Å². The fourth-order valence-corrected chi connectivity index (χ4v) is 1.18. The van der Waals surface area contributed by atoms with E-state index in [1.165, 1.54) is 24.5 Å². The first-order valence-corrected chi connectivity index (χ1v) is 5.30. The molecule has 0 aliphatic rings. The second-order valence-corrected chi connectivity index (χ2v) is 3.55. The highest BCUT2D eigenvalue weighted by molar-refractivity contribution is 5.91. The molecular formula is C13H11NO6. The number of aromatic carboxylic acids is 2. The summed E-state index contributed by atoms with van der Waals surface area (Å²) in [6, 6.07) is 6.40. The molecule has 0 unspecified atom stereocenters. The van der Waals surface area contributed by atoms with E-state index in [0.29, 0.717) is 0 Å². The maximum Gasteiger partial charge on any atom is 0.339 e. The van der Waals surface area contributed by atoms with Gasteiger partial charge in [-0.25, -0.2) is 9.59 Å². The Kier molecular flexibility index (Phi) is 5.04. The third kappa shape index (κ3) is 4.30. The minimum Gasteiger partial charge on any atom is -0.508 e. The number of pyridine rings is 1. The quantitative estimate of drug-likeness (QED) is 0.613. The Bertz CT molecular complexity index is 612. The summed E-state index contributed by atoms with van der Waals surface area (Å²) in [4.78, 5) is 24.1. The van der Waals surface area contributed by atoms with E-state index in [2.05, 4.69) is 4.98 Å². The van der Waals surface area contributed by atoms with Crippen LogP contribution in [0.15, 0.2) is 42.7 Å². The smallest absolute Gasteiger partial charge is 0.339 e. The molecule has 1 aromatic carbocycles. The monoisotopic (exact) mass is 277 g/mol. The molecule has 1 heterocycles. The summed E-state index contributed by atoms with van der Waals surface area (Å²) in [5, 5.41) is 34.5. The Labute approximate surface area is 113 Å². The highest BCUT2D eigenvalue weighted by Crippen LogP contribution is 2.21. The molecule has 104 valence electrons. The molecule has 0 fully saturated rings. The molecule has 0 aliphatic heterocycles. The van der Waals surface area contributed by atoms with E-state index >= 15 is 0 Å². The molecule has 4 N–H and O–H groups in total. The minimum absolute atomic E-state index is 0.180. The lowest BCUT2D eigenvalue weighted by Crippen LogP contribution is -1.95. The Balaban J connectivity index is 0.000000204. The summed E-state index contributed by atoms with van der Waals surface area (Å²) >= 11 is 0. The lowest BCUT2D eigenvalue weighted by Gasteiger charge is -1.98. The molecule has 0 saturated carbocycles. The minimum atomic E-state index is -1.27. The van der Waals surface area contributed by atoms with Gasteiger partial charge in [0.05, 0.1) is 5.56 Å². The number of hydrogen-bond donors (Lipinski definition) is 4. The molecule has 7 heteroatoms. The molecule has 0 spiro atoms. The second kappa shape index (κ2) is 6.74. The number of aromatic hydroxyl groups is 2. The van der Waals surface area contributed by atoms with Crippen LogP contribution in [-0.4, -0.2) is 37.3 Å². The molecule has 0 bridgehead atoms. The van der Waals surface area contributed by atoms with Crippen LogP contribution in [0.2, 0.25) is 0 Å². The van der Waals surface area contributed by atoms with Crippen molar-refractivity contribution in [2.24, 2.45) is 0 Å². The Morgan fingerprint density at radius 1 is 1.00 bits per heavy atom. The number of phenols is 2. The van der Waals surface area contributed by atoms with E-state index in [-0.39, 0.29) is 22.6 Å². The van der Waals surface area contributed by atoms with Crippen LogP contribution in [0.3, 0.4) is 0 Å². The zero-order chi connectivity index (χ0) is 15.1. The van der Waals surface area contributed by atoms with Gasteiger partial charge in [0.15, 0.2) is 0 Å². The highest BCUT2D eigenvalue weighted by Gasteiger charge is 2.08. The summed E-state index contributed by atoms with van der Waals surface area (Å²) in [7, 11) is 0. The third-order valence-electron chi connectivity index (χ3n) is 2.12. The average molecular weight is 277 g/mol. The van der Waals surface area contributed by atoms with Gasteiger partial charge in [-0.1, -0.05) is 0 Å². The van der Waals surface area contributed by atoms with Crippen LogP contribution in [0.5, 0.6) is 11.5 Å². The number of benzene rings is 1. The Hall–Kier alpha value is -3.09. The normalized spacial score (nSPS) is 9.20. The van der Waals surface area contributed by atoms with Crippen LogP contribution in [0.1, 0.15) is 20.7 Å². The van der Waals surface area contributed by atoms with Gasteiger partial charge in [0.25, 0.3) is 0 Å². The molecule has 2 rings (SSSR count). The lowest BCUT2D eigenvalue weighted by molar-refractivity contribution is 0.0683. The topological polar surface area (TPSA) is 128 Å². The van der Waals surface area contributed by atoms with Gasteiger partial charge in [-0.15, -0.1) is 0 Å². The van der Waals surface area contributed by atoms with Gasteiger partial charge in [-0.3, -0.25) is 4.98 Å². The van der Waals surface area contributed by atoms with E-state index < -0.39 is 11.9 Å². The van der Waals surface area contributed by atoms with Crippen molar-refractivity contribution in [2.45, 2.75) is 0 Å². The summed E-state index contributed by atoms with van der Waals surface area (Å²) < 4.78 is 0. The number of rotatable bonds is 2.